The van der Waals surface area contributed by atoms with Crippen molar-refractivity contribution in [2.45, 2.75) is 13.8 Å². The summed E-state index contributed by atoms with van der Waals surface area (Å²) in [5, 5.41) is 16.3. The molecule has 0 aromatic heterocycles. The Kier molecular flexibility index (Phi) is 6.03. The highest BCUT2D eigenvalue weighted by molar-refractivity contribution is 8.16. The molecule has 2 N–H and O–H groups in total. The Bertz CT molecular complexity index is 239. The van der Waals surface area contributed by atoms with Gasteiger partial charge in [0.15, 0.2) is 0 Å². The Morgan fingerprint density at radius 2 is 2.21 bits per heavy atom. The number of thioether (sulfide) groups is 1. The summed E-state index contributed by atoms with van der Waals surface area (Å²) in [6.45, 7) is 7.31. The van der Waals surface area contributed by atoms with Gasteiger partial charge in [0, 0.05) is 7.05 Å². The van der Waals surface area contributed by atoms with Crippen molar-refractivity contribution >= 4 is 22.7 Å². The van der Waals surface area contributed by atoms with Gasteiger partial charge in [-0.3, -0.25) is 4.79 Å². The molecule has 0 aliphatic carbocycles. The highest BCUT2D eigenvalue weighted by Gasteiger charge is 2.27. The third kappa shape index (κ3) is 3.41. The smallest absolute Gasteiger partial charge is 0.229 e. The molecule has 0 saturated carbocycles. The third-order valence-electron chi connectivity index (χ3n) is 1.76. The fourth-order valence-corrected chi connectivity index (χ4v) is 1.84. The molecule has 0 fully saturated rings. The van der Waals surface area contributed by atoms with Crippen molar-refractivity contribution in [3.63, 3.8) is 0 Å². The summed E-state index contributed by atoms with van der Waals surface area (Å²) in [6.07, 6.45) is 0. The molecule has 5 heteroatoms. The molecule has 1 unspecified atom stereocenters. The lowest BCUT2D eigenvalue weighted by molar-refractivity contribution is -0.123. The molecule has 0 saturated heterocycles. The van der Waals surface area contributed by atoms with Crippen LogP contribution in [0.4, 0.5) is 0 Å². The van der Waals surface area contributed by atoms with Crippen LogP contribution >= 0.6 is 11.8 Å². The Hall–Kier alpha value is -0.970. The number of nitrogens with zero attached hydrogens (tertiary/aromatic N) is 1. The lowest BCUT2D eigenvalue weighted by Gasteiger charge is -2.18. The molecular formula is C9H16N2O2S. The van der Waals surface area contributed by atoms with E-state index < -0.39 is 5.92 Å². The number of amides is 1. The molecule has 0 radical (unpaired) electrons. The van der Waals surface area contributed by atoms with Crippen molar-refractivity contribution in [2.24, 2.45) is 17.0 Å². The summed E-state index contributed by atoms with van der Waals surface area (Å²) in [5.74, 6) is -0.497. The van der Waals surface area contributed by atoms with Crippen LogP contribution in [-0.4, -0.2) is 23.2 Å². The summed E-state index contributed by atoms with van der Waals surface area (Å²) in [4.78, 5) is 11.5. The Morgan fingerprint density at radius 1 is 1.64 bits per heavy atom. The fourth-order valence-electron chi connectivity index (χ4n) is 1.10. The number of oxime groups is 1. The zero-order valence-corrected chi connectivity index (χ0v) is 9.47. The number of rotatable bonds is 4. The van der Waals surface area contributed by atoms with E-state index in [1.165, 1.54) is 5.41 Å². The van der Waals surface area contributed by atoms with E-state index in [1.807, 2.05) is 13.8 Å². The van der Waals surface area contributed by atoms with Crippen LogP contribution in [0.25, 0.3) is 0 Å². The van der Waals surface area contributed by atoms with Gasteiger partial charge in [-0.15, -0.1) is 0 Å². The standard InChI is InChI=1S/C9H16N2O2S/c1-5-14-9(11-13)7(6(2)3)8(12)10-4/h5-7,13H,1H2,2-4H3,(H,10,12)/b11-9-. The second-order valence-electron chi connectivity index (χ2n) is 3.06. The van der Waals surface area contributed by atoms with Gasteiger partial charge in [0.05, 0.1) is 5.92 Å². The first-order valence-corrected chi connectivity index (χ1v) is 5.17. The second-order valence-corrected chi connectivity index (χ2v) is 4.05. The predicted molar refractivity (Wildman–Crippen MR) is 59.4 cm³/mol. The molecule has 4 nitrogen and oxygen atoms in total. The number of nitrogens with one attached hydrogen (secondary N) is 1. The van der Waals surface area contributed by atoms with E-state index in [0.717, 1.165) is 11.8 Å². The summed E-state index contributed by atoms with van der Waals surface area (Å²) in [5.41, 5.74) is 0. The number of hydrogen-bond acceptors (Lipinski definition) is 4. The Labute approximate surface area is 88.4 Å². The van der Waals surface area contributed by atoms with Gasteiger partial charge in [-0.2, -0.15) is 0 Å². The lowest BCUT2D eigenvalue weighted by atomic mass is 9.96. The molecular weight excluding hydrogens is 200 g/mol. The van der Waals surface area contributed by atoms with E-state index >= 15 is 0 Å². The van der Waals surface area contributed by atoms with Crippen LogP contribution in [0.3, 0.4) is 0 Å². The van der Waals surface area contributed by atoms with Crippen molar-refractivity contribution in [1.29, 1.82) is 0 Å². The first-order chi connectivity index (χ1) is 6.58. The van der Waals surface area contributed by atoms with Crippen LogP contribution in [0.1, 0.15) is 13.8 Å². The highest BCUT2D eigenvalue weighted by Crippen LogP contribution is 2.21. The van der Waals surface area contributed by atoms with Crippen LogP contribution in [0, 0.1) is 11.8 Å². The molecule has 0 rings (SSSR count). The molecule has 0 aliphatic heterocycles. The van der Waals surface area contributed by atoms with Crippen molar-refractivity contribution in [3.8, 4) is 0 Å². The minimum absolute atomic E-state index is 0.0771. The summed E-state index contributed by atoms with van der Waals surface area (Å²) in [6, 6.07) is 0. The van der Waals surface area contributed by atoms with Gasteiger partial charge >= 0.3 is 0 Å². The van der Waals surface area contributed by atoms with E-state index in [0.29, 0.717) is 5.04 Å². The Balaban J connectivity index is 4.79. The quantitative estimate of drug-likeness (QED) is 0.325. The van der Waals surface area contributed by atoms with E-state index in [9.17, 15) is 4.79 Å². The Morgan fingerprint density at radius 3 is 2.50 bits per heavy atom. The van der Waals surface area contributed by atoms with E-state index in [2.05, 4.69) is 17.1 Å². The maximum Gasteiger partial charge on any atom is 0.229 e. The fraction of sp³-hybridized carbons (Fsp3) is 0.556. The number of carbonyl (C=O) groups excluding carboxylic acids is 1. The van der Waals surface area contributed by atoms with Gasteiger partial charge in [0.2, 0.25) is 5.91 Å². The maximum absolute atomic E-state index is 11.5. The zero-order valence-electron chi connectivity index (χ0n) is 8.65. The number of hydrogen-bond donors (Lipinski definition) is 2. The average molecular weight is 216 g/mol. The SMILES string of the molecule is C=CS/C(=N\O)C(C(=O)NC)C(C)C. The van der Waals surface area contributed by atoms with E-state index in [4.69, 9.17) is 5.21 Å². The van der Waals surface area contributed by atoms with E-state index in [1.54, 1.807) is 7.05 Å². The molecule has 0 heterocycles. The summed E-state index contributed by atoms with van der Waals surface area (Å²) in [7, 11) is 1.56. The van der Waals surface area contributed by atoms with Gasteiger partial charge in [-0.1, -0.05) is 37.3 Å². The van der Waals surface area contributed by atoms with Gasteiger partial charge in [-0.05, 0) is 11.3 Å². The van der Waals surface area contributed by atoms with Crippen LogP contribution in [0.5, 0.6) is 0 Å². The molecule has 1 amide bonds. The molecule has 0 aliphatic rings. The second kappa shape index (κ2) is 6.48. The number of carbonyl (C=O) groups is 1. The molecule has 0 aromatic carbocycles. The first kappa shape index (κ1) is 13.0. The van der Waals surface area contributed by atoms with Crippen LogP contribution < -0.4 is 5.32 Å². The summed E-state index contributed by atoms with van der Waals surface area (Å²) < 4.78 is 0. The average Bonchev–Trinajstić information content (AvgIpc) is 2.16. The lowest BCUT2D eigenvalue weighted by Crippen LogP contribution is -2.35. The summed E-state index contributed by atoms with van der Waals surface area (Å²) >= 11 is 1.16. The van der Waals surface area contributed by atoms with Gasteiger partial charge < -0.3 is 10.5 Å². The molecule has 0 bridgehead atoms. The molecule has 0 aromatic rings. The highest BCUT2D eigenvalue weighted by atomic mass is 32.2. The van der Waals surface area contributed by atoms with Crippen LogP contribution in [-0.2, 0) is 4.79 Å². The third-order valence-corrected chi connectivity index (χ3v) is 2.51. The molecule has 0 spiro atoms. The zero-order chi connectivity index (χ0) is 11.1. The van der Waals surface area contributed by atoms with Gasteiger partial charge in [0.1, 0.15) is 5.04 Å². The molecule has 1 atom stereocenters. The topological polar surface area (TPSA) is 61.7 Å². The van der Waals surface area contributed by atoms with Crippen molar-refractivity contribution in [3.05, 3.63) is 12.0 Å². The van der Waals surface area contributed by atoms with Crippen molar-refractivity contribution in [1.82, 2.24) is 5.32 Å². The largest absolute Gasteiger partial charge is 0.410 e. The minimum Gasteiger partial charge on any atom is -0.410 e. The van der Waals surface area contributed by atoms with Crippen molar-refractivity contribution in [2.75, 3.05) is 7.05 Å². The monoisotopic (exact) mass is 216 g/mol. The normalized spacial score (nSPS) is 13.9. The minimum atomic E-state index is -0.423. The molecule has 14 heavy (non-hydrogen) atoms. The van der Waals surface area contributed by atoms with Gasteiger partial charge in [0.25, 0.3) is 0 Å². The van der Waals surface area contributed by atoms with Crippen LogP contribution in [0.2, 0.25) is 0 Å². The van der Waals surface area contributed by atoms with Gasteiger partial charge in [-0.25, -0.2) is 0 Å². The molecule has 80 valence electrons. The predicted octanol–water partition coefficient (Wildman–Crippen LogP) is 1.67. The van der Waals surface area contributed by atoms with Crippen molar-refractivity contribution < 1.29 is 10.0 Å². The first-order valence-electron chi connectivity index (χ1n) is 4.29. The van der Waals surface area contributed by atoms with Crippen LogP contribution in [0.15, 0.2) is 17.1 Å². The maximum atomic E-state index is 11.5. The van der Waals surface area contributed by atoms with E-state index in [-0.39, 0.29) is 11.8 Å².